The molecule has 74 valence electrons. The third-order valence-corrected chi connectivity index (χ3v) is 2.91. The van der Waals surface area contributed by atoms with Gasteiger partial charge in [-0.05, 0) is 12.1 Å². The van der Waals surface area contributed by atoms with E-state index in [-0.39, 0.29) is 24.7 Å². The van der Waals surface area contributed by atoms with E-state index < -0.39 is 5.82 Å². The predicted molar refractivity (Wildman–Crippen MR) is 52.9 cm³/mol. The lowest BCUT2D eigenvalue weighted by molar-refractivity contribution is 0.0980. The Bertz CT molecular complexity index is 403. The zero-order valence-electron chi connectivity index (χ0n) is 7.26. The molecule has 4 heteroatoms. The molecule has 0 radical (unpaired) electrons. The molecule has 1 aromatic carbocycles. The number of aliphatic hydroxyl groups excluding tert-OH is 1. The van der Waals surface area contributed by atoms with Crippen molar-refractivity contribution in [2.24, 2.45) is 0 Å². The number of halogens is 2. The van der Waals surface area contributed by atoms with Crippen LogP contribution in [0.2, 0.25) is 0 Å². The number of ketones is 1. The van der Waals surface area contributed by atoms with E-state index in [0.717, 1.165) is 0 Å². The van der Waals surface area contributed by atoms with Gasteiger partial charge in [-0.3, -0.25) is 4.79 Å². The lowest BCUT2D eigenvalue weighted by Gasteiger charge is -2.07. The van der Waals surface area contributed by atoms with E-state index in [1.807, 2.05) is 0 Å². The molecule has 0 saturated carbocycles. The molecule has 1 N–H and O–H groups in total. The second-order valence-corrected chi connectivity index (χ2v) is 4.27. The van der Waals surface area contributed by atoms with Crippen LogP contribution in [0.5, 0.6) is 0 Å². The third kappa shape index (κ3) is 1.38. The van der Waals surface area contributed by atoms with Crippen LogP contribution in [0.4, 0.5) is 4.39 Å². The summed E-state index contributed by atoms with van der Waals surface area (Å²) in [5.41, 5.74) is 0.761. The Morgan fingerprint density at radius 1 is 1.57 bits per heavy atom. The van der Waals surface area contributed by atoms with E-state index in [9.17, 15) is 9.18 Å². The quantitative estimate of drug-likeness (QED) is 0.839. The molecule has 0 aliphatic heterocycles. The fourth-order valence-electron chi connectivity index (χ4n) is 1.82. The molecule has 0 amide bonds. The largest absolute Gasteiger partial charge is 0.396 e. The summed E-state index contributed by atoms with van der Waals surface area (Å²) in [4.78, 5) is 11.4. The van der Waals surface area contributed by atoms with E-state index in [1.165, 1.54) is 6.07 Å². The molecule has 0 aromatic heterocycles. The van der Waals surface area contributed by atoms with Crippen LogP contribution in [0.25, 0.3) is 0 Å². The number of hydrogen-bond acceptors (Lipinski definition) is 2. The first-order chi connectivity index (χ1) is 6.63. The number of hydrogen-bond donors (Lipinski definition) is 1. The zero-order chi connectivity index (χ0) is 10.3. The summed E-state index contributed by atoms with van der Waals surface area (Å²) >= 11 is 3.13. The Balaban J connectivity index is 2.62. The maximum atomic E-state index is 13.5. The minimum Gasteiger partial charge on any atom is -0.396 e. The molecular weight excluding hydrogens is 251 g/mol. The molecule has 0 spiro atoms. The second-order valence-electron chi connectivity index (χ2n) is 3.36. The fraction of sp³-hybridized carbons (Fsp3) is 0.300. The highest BCUT2D eigenvalue weighted by molar-refractivity contribution is 9.10. The van der Waals surface area contributed by atoms with Crippen molar-refractivity contribution in [1.29, 1.82) is 0 Å². The SMILES string of the molecule is O=C1CC(CO)c2c(F)cc(Br)cc21. The summed E-state index contributed by atoms with van der Waals surface area (Å²) in [7, 11) is 0. The van der Waals surface area contributed by atoms with Crippen molar-refractivity contribution in [3.8, 4) is 0 Å². The van der Waals surface area contributed by atoms with Crippen LogP contribution in [0.3, 0.4) is 0 Å². The van der Waals surface area contributed by atoms with Crippen molar-refractivity contribution in [3.05, 3.63) is 33.5 Å². The monoisotopic (exact) mass is 258 g/mol. The highest BCUT2D eigenvalue weighted by Gasteiger charge is 2.31. The maximum Gasteiger partial charge on any atom is 0.164 e. The van der Waals surface area contributed by atoms with Crippen LogP contribution >= 0.6 is 15.9 Å². The van der Waals surface area contributed by atoms with Gasteiger partial charge in [0.2, 0.25) is 0 Å². The van der Waals surface area contributed by atoms with Crippen molar-refractivity contribution < 1.29 is 14.3 Å². The lowest BCUT2D eigenvalue weighted by atomic mass is 10.0. The third-order valence-electron chi connectivity index (χ3n) is 2.46. The Kier molecular flexibility index (Phi) is 2.41. The fourth-order valence-corrected chi connectivity index (χ4v) is 2.25. The minimum absolute atomic E-state index is 0.0979. The van der Waals surface area contributed by atoms with Gasteiger partial charge in [-0.25, -0.2) is 4.39 Å². The van der Waals surface area contributed by atoms with Gasteiger partial charge in [-0.2, -0.15) is 0 Å². The minimum atomic E-state index is -0.417. The van der Waals surface area contributed by atoms with Gasteiger partial charge in [-0.1, -0.05) is 15.9 Å². The number of aliphatic hydroxyl groups is 1. The topological polar surface area (TPSA) is 37.3 Å². The summed E-state index contributed by atoms with van der Waals surface area (Å²) in [6.07, 6.45) is 0.208. The first-order valence-electron chi connectivity index (χ1n) is 4.26. The van der Waals surface area contributed by atoms with Crippen LogP contribution in [0.15, 0.2) is 16.6 Å². The number of Topliss-reactive ketones (excluding diaryl/α,β-unsaturated/α-hetero) is 1. The first-order valence-corrected chi connectivity index (χ1v) is 5.05. The van der Waals surface area contributed by atoms with Crippen LogP contribution < -0.4 is 0 Å². The highest BCUT2D eigenvalue weighted by Crippen LogP contribution is 2.36. The average Bonchev–Trinajstić information content (AvgIpc) is 2.43. The van der Waals surface area contributed by atoms with Gasteiger partial charge in [0.15, 0.2) is 5.78 Å². The Hall–Kier alpha value is -0.740. The van der Waals surface area contributed by atoms with Crippen LogP contribution in [0.1, 0.15) is 28.3 Å². The molecule has 0 bridgehead atoms. The van der Waals surface area contributed by atoms with Gasteiger partial charge in [0, 0.05) is 27.9 Å². The highest BCUT2D eigenvalue weighted by atomic mass is 79.9. The molecule has 1 aromatic rings. The number of carbonyl (C=O) groups is 1. The van der Waals surface area contributed by atoms with Crippen molar-refractivity contribution in [1.82, 2.24) is 0 Å². The van der Waals surface area contributed by atoms with Crippen molar-refractivity contribution >= 4 is 21.7 Å². The first kappa shape index (κ1) is 9.80. The van der Waals surface area contributed by atoms with Crippen molar-refractivity contribution in [3.63, 3.8) is 0 Å². The summed E-state index contributed by atoms with van der Waals surface area (Å²) < 4.78 is 14.0. The molecule has 0 saturated heterocycles. The van der Waals surface area contributed by atoms with Gasteiger partial charge in [0.1, 0.15) is 5.82 Å². The molecule has 0 fully saturated rings. The number of benzene rings is 1. The van der Waals surface area contributed by atoms with Gasteiger partial charge >= 0.3 is 0 Å². The molecule has 14 heavy (non-hydrogen) atoms. The van der Waals surface area contributed by atoms with Gasteiger partial charge in [0.05, 0.1) is 6.61 Å². The van der Waals surface area contributed by atoms with E-state index in [4.69, 9.17) is 5.11 Å². The summed E-state index contributed by atoms with van der Waals surface area (Å²) in [6.45, 7) is -0.183. The molecule has 1 atom stereocenters. The lowest BCUT2D eigenvalue weighted by Crippen LogP contribution is -2.01. The molecule has 1 unspecified atom stereocenters. The standard InChI is InChI=1S/C10H8BrFO2/c11-6-2-7-9(14)1-5(4-13)10(7)8(12)3-6/h2-3,5,13H,1,4H2. The Labute approximate surface area is 88.9 Å². The predicted octanol–water partition coefficient (Wildman–Crippen LogP) is 2.25. The Morgan fingerprint density at radius 3 is 2.93 bits per heavy atom. The number of rotatable bonds is 1. The molecule has 1 aliphatic carbocycles. The molecule has 0 heterocycles. The normalized spacial score (nSPS) is 19.9. The van der Waals surface area contributed by atoms with Crippen LogP contribution in [-0.2, 0) is 0 Å². The van der Waals surface area contributed by atoms with Gasteiger partial charge < -0.3 is 5.11 Å². The molecular formula is C10H8BrFO2. The number of carbonyl (C=O) groups excluding carboxylic acids is 1. The molecule has 2 nitrogen and oxygen atoms in total. The number of fused-ring (bicyclic) bond motifs is 1. The summed E-state index contributed by atoms with van der Waals surface area (Å²) in [6, 6.07) is 2.93. The summed E-state index contributed by atoms with van der Waals surface area (Å²) in [5.74, 6) is -0.885. The molecule has 2 rings (SSSR count). The van der Waals surface area contributed by atoms with Gasteiger partial charge in [0.25, 0.3) is 0 Å². The van der Waals surface area contributed by atoms with Crippen LogP contribution in [-0.4, -0.2) is 17.5 Å². The summed E-state index contributed by atoms with van der Waals surface area (Å²) in [5, 5.41) is 8.99. The smallest absolute Gasteiger partial charge is 0.164 e. The van der Waals surface area contributed by atoms with E-state index in [1.54, 1.807) is 6.07 Å². The van der Waals surface area contributed by atoms with Gasteiger partial charge in [-0.15, -0.1) is 0 Å². The Morgan fingerprint density at radius 2 is 2.29 bits per heavy atom. The van der Waals surface area contributed by atoms with Crippen LogP contribution in [0, 0.1) is 5.82 Å². The second kappa shape index (κ2) is 3.44. The zero-order valence-corrected chi connectivity index (χ0v) is 8.84. The molecule has 1 aliphatic rings. The van der Waals surface area contributed by atoms with E-state index >= 15 is 0 Å². The van der Waals surface area contributed by atoms with E-state index in [0.29, 0.717) is 15.6 Å². The van der Waals surface area contributed by atoms with E-state index in [2.05, 4.69) is 15.9 Å². The average molecular weight is 259 g/mol. The van der Waals surface area contributed by atoms with Crippen molar-refractivity contribution in [2.75, 3.05) is 6.61 Å². The van der Waals surface area contributed by atoms with Crippen molar-refractivity contribution in [2.45, 2.75) is 12.3 Å². The maximum absolute atomic E-state index is 13.5.